The smallest absolute Gasteiger partial charge is 0.262 e. The number of fused-ring (bicyclic) bond motifs is 3. The number of amides is 1. The van der Waals surface area contributed by atoms with Gasteiger partial charge in [-0.15, -0.1) is 0 Å². The van der Waals surface area contributed by atoms with Gasteiger partial charge in [0.25, 0.3) is 11.5 Å². The van der Waals surface area contributed by atoms with Crippen molar-refractivity contribution in [2.45, 2.75) is 19.4 Å². The van der Waals surface area contributed by atoms with E-state index in [9.17, 15) is 9.59 Å². The molecule has 0 aliphatic carbocycles. The highest BCUT2D eigenvalue weighted by atomic mass is 16.5. The predicted octanol–water partition coefficient (Wildman–Crippen LogP) is 2.84. The summed E-state index contributed by atoms with van der Waals surface area (Å²) in [6.07, 6.45) is 3.63. The van der Waals surface area contributed by atoms with Gasteiger partial charge in [-0.1, -0.05) is 0 Å². The van der Waals surface area contributed by atoms with Crippen LogP contribution in [0.15, 0.2) is 53.5 Å². The van der Waals surface area contributed by atoms with Crippen LogP contribution in [-0.2, 0) is 17.8 Å². The zero-order valence-electron chi connectivity index (χ0n) is 15.1. The third-order valence-corrected chi connectivity index (χ3v) is 4.99. The van der Waals surface area contributed by atoms with Gasteiger partial charge in [0.05, 0.1) is 10.9 Å². The monoisotopic (exact) mass is 374 g/mol. The molecule has 1 aliphatic rings. The van der Waals surface area contributed by atoms with E-state index in [-0.39, 0.29) is 18.1 Å². The molecule has 0 unspecified atom stereocenters. The number of carbonyl (C=O) groups is 1. The molecule has 4 aromatic rings. The minimum Gasteiger partial charge on any atom is -0.484 e. The molecule has 7 nitrogen and oxygen atoms in total. The number of anilines is 1. The van der Waals surface area contributed by atoms with Crippen LogP contribution in [0.5, 0.6) is 5.75 Å². The molecule has 28 heavy (non-hydrogen) atoms. The molecule has 0 saturated heterocycles. The second-order valence-electron chi connectivity index (χ2n) is 6.88. The number of nitrogens with one attached hydrogen (secondary N) is 2. The van der Waals surface area contributed by atoms with E-state index in [0.29, 0.717) is 28.9 Å². The van der Waals surface area contributed by atoms with E-state index in [1.807, 2.05) is 30.5 Å². The van der Waals surface area contributed by atoms with Gasteiger partial charge >= 0.3 is 0 Å². The summed E-state index contributed by atoms with van der Waals surface area (Å²) in [4.78, 5) is 32.5. The topological polar surface area (TPSA) is 89.0 Å². The third kappa shape index (κ3) is 2.90. The van der Waals surface area contributed by atoms with Gasteiger partial charge in [-0.05, 0) is 48.9 Å². The molecule has 2 aromatic heterocycles. The molecule has 5 rings (SSSR count). The van der Waals surface area contributed by atoms with Crippen LogP contribution in [0.1, 0.15) is 12.2 Å². The van der Waals surface area contributed by atoms with Crippen LogP contribution in [-0.4, -0.2) is 27.0 Å². The summed E-state index contributed by atoms with van der Waals surface area (Å²) >= 11 is 0. The second kappa shape index (κ2) is 6.53. The fourth-order valence-corrected chi connectivity index (χ4v) is 3.63. The molecule has 7 heteroatoms. The number of hydrogen-bond donors (Lipinski definition) is 2. The Morgan fingerprint density at radius 2 is 2.14 bits per heavy atom. The summed E-state index contributed by atoms with van der Waals surface area (Å²) < 4.78 is 7.32. The van der Waals surface area contributed by atoms with Crippen molar-refractivity contribution in [3.05, 3.63) is 64.8 Å². The van der Waals surface area contributed by atoms with Crippen molar-refractivity contribution in [3.63, 3.8) is 0 Å². The van der Waals surface area contributed by atoms with Crippen LogP contribution in [0.25, 0.3) is 21.8 Å². The van der Waals surface area contributed by atoms with Gasteiger partial charge in [0.15, 0.2) is 6.61 Å². The minimum absolute atomic E-state index is 0.0489. The molecule has 2 N–H and O–H groups in total. The van der Waals surface area contributed by atoms with Crippen molar-refractivity contribution < 1.29 is 9.53 Å². The summed E-state index contributed by atoms with van der Waals surface area (Å²) in [6.45, 7) is 0.562. The molecule has 140 valence electrons. The molecule has 0 atom stereocenters. The number of aryl methyl sites for hydroxylation is 1. The van der Waals surface area contributed by atoms with E-state index >= 15 is 0 Å². The van der Waals surface area contributed by atoms with Crippen LogP contribution in [0.4, 0.5) is 5.69 Å². The van der Waals surface area contributed by atoms with Gasteiger partial charge in [0.1, 0.15) is 11.6 Å². The van der Waals surface area contributed by atoms with Crippen LogP contribution in [0.3, 0.4) is 0 Å². The lowest BCUT2D eigenvalue weighted by Gasteiger charge is -2.09. The highest BCUT2D eigenvalue weighted by Crippen LogP contribution is 2.20. The Kier molecular flexibility index (Phi) is 3.86. The quantitative estimate of drug-likeness (QED) is 0.575. The first kappa shape index (κ1) is 16.6. The molecule has 0 radical (unpaired) electrons. The number of carbonyl (C=O) groups excluding carboxylic acids is 1. The highest BCUT2D eigenvalue weighted by Gasteiger charge is 2.16. The van der Waals surface area contributed by atoms with Gasteiger partial charge < -0.3 is 15.0 Å². The van der Waals surface area contributed by atoms with E-state index in [1.54, 1.807) is 22.8 Å². The number of ether oxygens (including phenoxy) is 1. The van der Waals surface area contributed by atoms with E-state index in [2.05, 4.69) is 15.3 Å². The van der Waals surface area contributed by atoms with Crippen LogP contribution >= 0.6 is 0 Å². The molecule has 0 saturated carbocycles. The number of aromatic nitrogens is 3. The van der Waals surface area contributed by atoms with Crippen LogP contribution in [0.2, 0.25) is 0 Å². The Morgan fingerprint density at radius 1 is 1.21 bits per heavy atom. The minimum atomic E-state index is -0.265. The van der Waals surface area contributed by atoms with Crippen molar-refractivity contribution in [2.75, 3.05) is 11.9 Å². The third-order valence-electron chi connectivity index (χ3n) is 4.99. The van der Waals surface area contributed by atoms with Gasteiger partial charge in [-0.25, -0.2) is 4.98 Å². The normalized spacial score (nSPS) is 13.0. The molecular weight excluding hydrogens is 356 g/mol. The van der Waals surface area contributed by atoms with Crippen molar-refractivity contribution in [1.29, 1.82) is 0 Å². The summed E-state index contributed by atoms with van der Waals surface area (Å²) in [6, 6.07) is 12.7. The van der Waals surface area contributed by atoms with E-state index in [0.717, 1.165) is 29.6 Å². The maximum atomic E-state index is 12.6. The maximum Gasteiger partial charge on any atom is 0.262 e. The van der Waals surface area contributed by atoms with E-state index in [4.69, 9.17) is 4.74 Å². The number of benzene rings is 2. The van der Waals surface area contributed by atoms with Crippen LogP contribution < -0.4 is 15.6 Å². The Bertz CT molecular complexity index is 1270. The number of H-pyrrole nitrogens is 1. The summed E-state index contributed by atoms with van der Waals surface area (Å²) in [5, 5.41) is 4.36. The Labute approximate surface area is 160 Å². The Morgan fingerprint density at radius 3 is 3.07 bits per heavy atom. The molecular formula is C21H18N4O3. The van der Waals surface area contributed by atoms with Crippen molar-refractivity contribution >= 4 is 33.4 Å². The lowest BCUT2D eigenvalue weighted by molar-refractivity contribution is -0.118. The van der Waals surface area contributed by atoms with Crippen molar-refractivity contribution in [2.24, 2.45) is 0 Å². The fraction of sp³-hybridized carbons (Fsp3) is 0.190. The van der Waals surface area contributed by atoms with Crippen molar-refractivity contribution in [1.82, 2.24) is 14.5 Å². The SMILES string of the molecule is O=C(COc1ccc2nc3n(c(=O)c2c1)CCC3)Nc1ccc2[nH]ccc2c1. The molecule has 1 amide bonds. The fourth-order valence-electron chi connectivity index (χ4n) is 3.63. The molecule has 2 aromatic carbocycles. The van der Waals surface area contributed by atoms with Gasteiger partial charge in [-0.2, -0.15) is 0 Å². The molecule has 0 bridgehead atoms. The summed E-state index contributed by atoms with van der Waals surface area (Å²) in [5.41, 5.74) is 2.33. The number of hydrogen-bond acceptors (Lipinski definition) is 4. The van der Waals surface area contributed by atoms with E-state index in [1.165, 1.54) is 0 Å². The first-order valence-electron chi connectivity index (χ1n) is 9.21. The first-order chi connectivity index (χ1) is 13.7. The lowest BCUT2D eigenvalue weighted by Crippen LogP contribution is -2.22. The number of nitrogens with zero attached hydrogens (tertiary/aromatic N) is 2. The predicted molar refractivity (Wildman–Crippen MR) is 107 cm³/mol. The summed E-state index contributed by atoms with van der Waals surface area (Å²) in [7, 11) is 0. The zero-order valence-corrected chi connectivity index (χ0v) is 15.1. The maximum absolute atomic E-state index is 12.6. The highest BCUT2D eigenvalue weighted by molar-refractivity contribution is 5.94. The molecule has 3 heterocycles. The van der Waals surface area contributed by atoms with Crippen molar-refractivity contribution in [3.8, 4) is 5.75 Å². The van der Waals surface area contributed by atoms with Gasteiger partial charge in [0, 0.05) is 35.8 Å². The molecule has 0 spiro atoms. The number of rotatable bonds is 4. The largest absolute Gasteiger partial charge is 0.484 e. The van der Waals surface area contributed by atoms with Crippen LogP contribution in [0, 0.1) is 0 Å². The first-order valence-corrected chi connectivity index (χ1v) is 9.21. The molecule has 1 aliphatic heterocycles. The number of aromatic amines is 1. The lowest BCUT2D eigenvalue weighted by atomic mass is 10.2. The Balaban J connectivity index is 1.31. The molecule has 0 fully saturated rings. The average Bonchev–Trinajstić information content (AvgIpc) is 3.35. The zero-order chi connectivity index (χ0) is 19.1. The van der Waals surface area contributed by atoms with Gasteiger partial charge in [0.2, 0.25) is 0 Å². The van der Waals surface area contributed by atoms with E-state index < -0.39 is 0 Å². The second-order valence-corrected chi connectivity index (χ2v) is 6.88. The summed E-state index contributed by atoms with van der Waals surface area (Å²) in [5.74, 6) is 1.05. The standard InChI is InChI=1S/C21H18N4O3/c26-20(23-14-3-5-17-13(10-14)7-8-22-17)12-28-15-4-6-18-16(11-15)21(27)25-9-1-2-19(25)24-18/h3-8,10-11,22H,1-2,9,12H2,(H,23,26). The average molecular weight is 374 g/mol. The van der Waals surface area contributed by atoms with Gasteiger partial charge in [-0.3, -0.25) is 14.2 Å². The Hall–Kier alpha value is -3.61.